The maximum absolute atomic E-state index is 12.0. The Morgan fingerprint density at radius 1 is 1.56 bits per heavy atom. The van der Waals surface area contributed by atoms with E-state index in [2.05, 4.69) is 15.3 Å². The zero-order valence-electron chi connectivity index (χ0n) is 9.60. The van der Waals surface area contributed by atoms with Crippen LogP contribution in [-0.4, -0.2) is 41.4 Å². The molecule has 1 fully saturated rings. The molecule has 0 aliphatic heterocycles. The molecule has 1 aliphatic rings. The van der Waals surface area contributed by atoms with Crippen LogP contribution >= 0.6 is 0 Å². The van der Waals surface area contributed by atoms with Crippen molar-refractivity contribution in [1.29, 1.82) is 0 Å². The summed E-state index contributed by atoms with van der Waals surface area (Å²) in [4.78, 5) is 21.9. The molecule has 1 N–H and O–H groups in total. The second-order valence-corrected chi connectivity index (χ2v) is 4.17. The van der Waals surface area contributed by atoms with Crippen LogP contribution in [0.1, 0.15) is 23.3 Å². The molecule has 0 spiro atoms. The van der Waals surface area contributed by atoms with Crippen LogP contribution in [0.5, 0.6) is 0 Å². The lowest BCUT2D eigenvalue weighted by atomic mass is 10.3. The van der Waals surface area contributed by atoms with Gasteiger partial charge in [0.25, 0.3) is 5.91 Å². The van der Waals surface area contributed by atoms with Crippen LogP contribution in [-0.2, 0) is 0 Å². The van der Waals surface area contributed by atoms with Gasteiger partial charge in [-0.1, -0.05) is 0 Å². The van der Waals surface area contributed by atoms with Gasteiger partial charge in [0.1, 0.15) is 11.5 Å². The molecule has 1 heterocycles. The predicted molar refractivity (Wildman–Crippen MR) is 61.3 cm³/mol. The SMILES string of the molecule is CNc1cncc(C(=O)N(C)CC2CC2)n1. The molecule has 0 atom stereocenters. The molecule has 0 unspecified atom stereocenters. The van der Waals surface area contributed by atoms with Crippen molar-refractivity contribution in [2.75, 3.05) is 26.0 Å². The van der Waals surface area contributed by atoms with Crippen LogP contribution in [0.25, 0.3) is 0 Å². The minimum absolute atomic E-state index is 0.0588. The monoisotopic (exact) mass is 220 g/mol. The highest BCUT2D eigenvalue weighted by Gasteiger charge is 2.25. The number of amides is 1. The van der Waals surface area contributed by atoms with E-state index in [0.717, 1.165) is 6.54 Å². The molecule has 1 amide bonds. The van der Waals surface area contributed by atoms with E-state index >= 15 is 0 Å². The van der Waals surface area contributed by atoms with E-state index < -0.39 is 0 Å². The minimum Gasteiger partial charge on any atom is -0.372 e. The van der Waals surface area contributed by atoms with Crippen LogP contribution in [0.15, 0.2) is 12.4 Å². The van der Waals surface area contributed by atoms with Crippen LogP contribution in [0.3, 0.4) is 0 Å². The normalized spacial score (nSPS) is 14.6. The predicted octanol–water partition coefficient (Wildman–Crippen LogP) is 1.00. The summed E-state index contributed by atoms with van der Waals surface area (Å²) in [5, 5.41) is 2.87. The molecule has 1 aromatic rings. The fourth-order valence-electron chi connectivity index (χ4n) is 1.56. The number of hydrogen-bond donors (Lipinski definition) is 1. The molecule has 5 heteroatoms. The van der Waals surface area contributed by atoms with Crippen molar-refractivity contribution >= 4 is 11.7 Å². The zero-order chi connectivity index (χ0) is 11.5. The Morgan fingerprint density at radius 2 is 2.31 bits per heavy atom. The first-order valence-corrected chi connectivity index (χ1v) is 5.46. The molecular formula is C11H16N4O. The fraction of sp³-hybridized carbons (Fsp3) is 0.545. The summed E-state index contributed by atoms with van der Waals surface area (Å²) in [7, 11) is 3.57. The summed E-state index contributed by atoms with van der Waals surface area (Å²) in [6, 6.07) is 0. The summed E-state index contributed by atoms with van der Waals surface area (Å²) in [6.07, 6.45) is 5.57. The molecule has 1 aliphatic carbocycles. The average molecular weight is 220 g/mol. The lowest BCUT2D eigenvalue weighted by molar-refractivity contribution is 0.0782. The zero-order valence-corrected chi connectivity index (χ0v) is 9.60. The van der Waals surface area contributed by atoms with Crippen molar-refractivity contribution in [2.24, 2.45) is 5.92 Å². The lowest BCUT2D eigenvalue weighted by Gasteiger charge is -2.16. The third-order valence-electron chi connectivity index (χ3n) is 2.69. The highest BCUT2D eigenvalue weighted by molar-refractivity contribution is 5.92. The molecule has 0 bridgehead atoms. The van der Waals surface area contributed by atoms with E-state index in [9.17, 15) is 4.79 Å². The lowest BCUT2D eigenvalue weighted by Crippen LogP contribution is -2.29. The van der Waals surface area contributed by atoms with Gasteiger partial charge in [-0.05, 0) is 18.8 Å². The topological polar surface area (TPSA) is 58.1 Å². The summed E-state index contributed by atoms with van der Waals surface area (Å²) in [5.41, 5.74) is 0.398. The van der Waals surface area contributed by atoms with Crippen LogP contribution in [0, 0.1) is 5.92 Å². The Balaban J connectivity index is 2.06. The van der Waals surface area contributed by atoms with Gasteiger partial charge < -0.3 is 10.2 Å². The fourth-order valence-corrected chi connectivity index (χ4v) is 1.56. The van der Waals surface area contributed by atoms with Gasteiger partial charge in [-0.15, -0.1) is 0 Å². The molecule has 0 radical (unpaired) electrons. The molecule has 2 rings (SSSR count). The highest BCUT2D eigenvalue weighted by atomic mass is 16.2. The highest BCUT2D eigenvalue weighted by Crippen LogP contribution is 2.29. The van der Waals surface area contributed by atoms with Gasteiger partial charge in [-0.25, -0.2) is 4.98 Å². The molecule has 1 saturated carbocycles. The smallest absolute Gasteiger partial charge is 0.273 e. The third-order valence-corrected chi connectivity index (χ3v) is 2.69. The molecule has 16 heavy (non-hydrogen) atoms. The second kappa shape index (κ2) is 4.47. The quantitative estimate of drug-likeness (QED) is 0.822. The number of carbonyl (C=O) groups is 1. The number of carbonyl (C=O) groups excluding carboxylic acids is 1. The first-order chi connectivity index (χ1) is 7.70. The molecule has 0 saturated heterocycles. The van der Waals surface area contributed by atoms with Crippen molar-refractivity contribution in [3.63, 3.8) is 0 Å². The van der Waals surface area contributed by atoms with Crippen LogP contribution in [0.4, 0.5) is 5.82 Å². The summed E-state index contributed by atoms with van der Waals surface area (Å²) >= 11 is 0. The second-order valence-electron chi connectivity index (χ2n) is 4.17. The van der Waals surface area contributed by atoms with Gasteiger partial charge in [0.15, 0.2) is 0 Å². The summed E-state index contributed by atoms with van der Waals surface area (Å²) < 4.78 is 0. The van der Waals surface area contributed by atoms with E-state index in [1.165, 1.54) is 19.0 Å². The van der Waals surface area contributed by atoms with E-state index in [-0.39, 0.29) is 5.91 Å². The van der Waals surface area contributed by atoms with Gasteiger partial charge in [0.2, 0.25) is 0 Å². The average Bonchev–Trinajstić information content (AvgIpc) is 3.12. The van der Waals surface area contributed by atoms with E-state index in [1.54, 1.807) is 18.1 Å². The van der Waals surface area contributed by atoms with Gasteiger partial charge in [0, 0.05) is 20.6 Å². The molecule has 0 aromatic carbocycles. The molecule has 86 valence electrons. The maximum atomic E-state index is 12.0. The number of rotatable bonds is 4. The Morgan fingerprint density at radius 3 is 2.94 bits per heavy atom. The summed E-state index contributed by atoms with van der Waals surface area (Å²) in [5.74, 6) is 1.25. The van der Waals surface area contributed by atoms with Gasteiger partial charge in [0.05, 0.1) is 12.4 Å². The largest absolute Gasteiger partial charge is 0.372 e. The van der Waals surface area contributed by atoms with E-state index in [0.29, 0.717) is 17.4 Å². The first-order valence-electron chi connectivity index (χ1n) is 5.46. The van der Waals surface area contributed by atoms with Crippen LogP contribution < -0.4 is 5.32 Å². The van der Waals surface area contributed by atoms with Crippen LogP contribution in [0.2, 0.25) is 0 Å². The van der Waals surface area contributed by atoms with Gasteiger partial charge in [-0.2, -0.15) is 0 Å². The molecule has 1 aromatic heterocycles. The number of hydrogen-bond acceptors (Lipinski definition) is 4. The van der Waals surface area contributed by atoms with E-state index in [1.807, 2.05) is 7.05 Å². The number of nitrogens with one attached hydrogen (secondary N) is 1. The Hall–Kier alpha value is -1.65. The number of anilines is 1. The van der Waals surface area contributed by atoms with Crippen molar-refractivity contribution < 1.29 is 4.79 Å². The van der Waals surface area contributed by atoms with Gasteiger partial charge in [-0.3, -0.25) is 9.78 Å². The standard InChI is InChI=1S/C11H16N4O/c1-12-10-6-13-5-9(14-10)11(16)15(2)7-8-3-4-8/h5-6,8H,3-4,7H2,1-2H3,(H,12,14). The van der Waals surface area contributed by atoms with Crippen molar-refractivity contribution in [3.8, 4) is 0 Å². The third kappa shape index (κ3) is 2.48. The van der Waals surface area contributed by atoms with Crippen molar-refractivity contribution in [2.45, 2.75) is 12.8 Å². The summed E-state index contributed by atoms with van der Waals surface area (Å²) in [6.45, 7) is 0.824. The Kier molecular flexibility index (Phi) is 3.03. The first kappa shape index (κ1) is 10.9. The van der Waals surface area contributed by atoms with Gasteiger partial charge >= 0.3 is 0 Å². The number of aromatic nitrogens is 2. The van der Waals surface area contributed by atoms with E-state index in [4.69, 9.17) is 0 Å². The molecular weight excluding hydrogens is 204 g/mol. The Bertz CT molecular complexity index is 389. The Labute approximate surface area is 94.9 Å². The van der Waals surface area contributed by atoms with Crippen molar-refractivity contribution in [1.82, 2.24) is 14.9 Å². The minimum atomic E-state index is -0.0588. The molecule has 5 nitrogen and oxygen atoms in total. The number of nitrogens with zero attached hydrogens (tertiary/aromatic N) is 3. The maximum Gasteiger partial charge on any atom is 0.273 e. The van der Waals surface area contributed by atoms with Crippen molar-refractivity contribution in [3.05, 3.63) is 18.1 Å².